The molecule has 0 aromatic heterocycles. The van der Waals surface area contributed by atoms with Crippen molar-refractivity contribution in [3.63, 3.8) is 0 Å². The van der Waals surface area contributed by atoms with Crippen molar-refractivity contribution in [2.75, 3.05) is 5.32 Å². The summed E-state index contributed by atoms with van der Waals surface area (Å²) in [6.45, 7) is 0. The minimum atomic E-state index is -2.47. The van der Waals surface area contributed by atoms with Gasteiger partial charge in [0.1, 0.15) is 0 Å². The number of thioether (sulfide) groups is 1. The van der Waals surface area contributed by atoms with Crippen LogP contribution in [0, 0.1) is 0 Å². The van der Waals surface area contributed by atoms with E-state index in [1.807, 2.05) is 6.07 Å². The Kier molecular flexibility index (Phi) is 6.29. The van der Waals surface area contributed by atoms with Gasteiger partial charge in [0.25, 0.3) is 5.76 Å². The molecule has 0 spiro atoms. The van der Waals surface area contributed by atoms with Crippen molar-refractivity contribution < 1.29 is 18.4 Å². The Morgan fingerprint density at radius 1 is 0.957 bits per heavy atom. The van der Waals surface area contributed by atoms with Gasteiger partial charge in [-0.3, -0.25) is 9.59 Å². The monoisotopic (exact) mass is 335 g/mol. The second-order valence-corrected chi connectivity index (χ2v) is 5.80. The van der Waals surface area contributed by atoms with Gasteiger partial charge in [-0.2, -0.15) is 8.78 Å². The number of alkyl halides is 2. The largest absolute Gasteiger partial charge is 0.326 e. The predicted octanol–water partition coefficient (Wildman–Crippen LogP) is 4.60. The molecule has 120 valence electrons. The van der Waals surface area contributed by atoms with Crippen LogP contribution in [0.2, 0.25) is 0 Å². The lowest BCUT2D eigenvalue weighted by Gasteiger charge is -2.06. The zero-order chi connectivity index (χ0) is 16.7. The lowest BCUT2D eigenvalue weighted by atomic mass is 10.1. The van der Waals surface area contributed by atoms with E-state index < -0.39 is 5.76 Å². The van der Waals surface area contributed by atoms with Crippen molar-refractivity contribution in [3.8, 4) is 0 Å². The maximum absolute atomic E-state index is 12.2. The van der Waals surface area contributed by atoms with Crippen LogP contribution in [0.3, 0.4) is 0 Å². The first kappa shape index (κ1) is 17.1. The highest BCUT2D eigenvalue weighted by molar-refractivity contribution is 7.99. The Hall–Kier alpha value is -2.21. The van der Waals surface area contributed by atoms with Crippen LogP contribution in [0.15, 0.2) is 59.5 Å². The molecule has 0 saturated carbocycles. The number of Topliss-reactive ketones (excluding diaryl/α,β-unsaturated/α-hetero) is 1. The smallest absolute Gasteiger partial charge is 0.288 e. The zero-order valence-corrected chi connectivity index (χ0v) is 13.0. The Bertz CT molecular complexity index is 660. The summed E-state index contributed by atoms with van der Waals surface area (Å²) in [6.07, 6.45) is 0.191. The number of rotatable bonds is 7. The molecule has 0 atom stereocenters. The van der Waals surface area contributed by atoms with Crippen molar-refractivity contribution in [2.45, 2.75) is 23.5 Å². The molecule has 0 heterocycles. The standard InChI is InChI=1S/C17H15F2NO2S/c18-17(19)23-14-8-6-13(7-9-14)20-16(22)11-10-15(21)12-4-2-1-3-5-12/h1-9,17H,10-11H2,(H,20,22). The number of carbonyl (C=O) groups excluding carboxylic acids is 2. The van der Waals surface area contributed by atoms with Gasteiger partial charge in [0, 0.05) is 29.0 Å². The third kappa shape index (κ3) is 5.83. The molecule has 0 radical (unpaired) electrons. The molecule has 2 aromatic carbocycles. The Labute approximate surface area is 137 Å². The molecular formula is C17H15F2NO2S. The topological polar surface area (TPSA) is 46.2 Å². The molecule has 23 heavy (non-hydrogen) atoms. The summed E-state index contributed by atoms with van der Waals surface area (Å²) in [4.78, 5) is 24.1. The molecule has 0 saturated heterocycles. The minimum absolute atomic E-state index is 0.0707. The van der Waals surface area contributed by atoms with E-state index in [2.05, 4.69) is 5.32 Å². The van der Waals surface area contributed by atoms with E-state index in [1.54, 1.807) is 36.4 Å². The predicted molar refractivity (Wildman–Crippen MR) is 86.9 cm³/mol. The number of amides is 1. The fraction of sp³-hybridized carbons (Fsp3) is 0.176. The molecule has 0 aliphatic heterocycles. The van der Waals surface area contributed by atoms with Gasteiger partial charge in [-0.15, -0.1) is 0 Å². The molecule has 2 aromatic rings. The lowest BCUT2D eigenvalue weighted by molar-refractivity contribution is -0.116. The first-order chi connectivity index (χ1) is 11.0. The van der Waals surface area contributed by atoms with Crippen molar-refractivity contribution in [3.05, 3.63) is 60.2 Å². The summed E-state index contributed by atoms with van der Waals surface area (Å²) in [7, 11) is 0. The number of hydrogen-bond donors (Lipinski definition) is 1. The maximum atomic E-state index is 12.2. The van der Waals surface area contributed by atoms with E-state index in [0.717, 1.165) is 0 Å². The average molecular weight is 335 g/mol. The third-order valence-electron chi connectivity index (χ3n) is 3.04. The van der Waals surface area contributed by atoms with Gasteiger partial charge in [0.05, 0.1) is 0 Å². The first-order valence-corrected chi connectivity index (χ1v) is 7.85. The number of anilines is 1. The summed E-state index contributed by atoms with van der Waals surface area (Å²) in [5.41, 5.74) is 1.09. The molecule has 6 heteroatoms. The fourth-order valence-corrected chi connectivity index (χ4v) is 2.44. The molecule has 0 bridgehead atoms. The molecule has 0 fully saturated rings. The second kappa shape index (κ2) is 8.43. The first-order valence-electron chi connectivity index (χ1n) is 6.97. The number of halogens is 2. The van der Waals surface area contributed by atoms with E-state index >= 15 is 0 Å². The summed E-state index contributed by atoms with van der Waals surface area (Å²) in [5.74, 6) is -2.85. The molecule has 2 rings (SSSR count). The third-order valence-corrected chi connectivity index (χ3v) is 3.76. The molecule has 1 N–H and O–H groups in total. The molecule has 1 amide bonds. The number of nitrogens with one attached hydrogen (secondary N) is 1. The summed E-state index contributed by atoms with van der Waals surface area (Å²) in [5, 5.41) is 2.64. The van der Waals surface area contributed by atoms with Gasteiger partial charge in [-0.25, -0.2) is 0 Å². The van der Waals surface area contributed by atoms with Crippen LogP contribution in [0.4, 0.5) is 14.5 Å². The number of carbonyl (C=O) groups is 2. The summed E-state index contributed by atoms with van der Waals surface area (Å²) in [6, 6.07) is 14.9. The van der Waals surface area contributed by atoms with Crippen molar-refractivity contribution in [1.29, 1.82) is 0 Å². The van der Waals surface area contributed by atoms with Crippen LogP contribution >= 0.6 is 11.8 Å². The second-order valence-electron chi connectivity index (χ2n) is 4.74. The van der Waals surface area contributed by atoms with E-state index in [1.165, 1.54) is 12.1 Å². The van der Waals surface area contributed by atoms with Crippen molar-refractivity contribution in [1.82, 2.24) is 0 Å². The van der Waals surface area contributed by atoms with Crippen molar-refractivity contribution >= 4 is 29.1 Å². The molecule has 0 aliphatic carbocycles. The number of ketones is 1. The van der Waals surface area contributed by atoms with E-state index in [-0.39, 0.29) is 24.5 Å². The van der Waals surface area contributed by atoms with Crippen LogP contribution in [-0.2, 0) is 4.79 Å². The maximum Gasteiger partial charge on any atom is 0.288 e. The zero-order valence-electron chi connectivity index (χ0n) is 12.2. The van der Waals surface area contributed by atoms with E-state index in [0.29, 0.717) is 27.9 Å². The van der Waals surface area contributed by atoms with Gasteiger partial charge in [0.2, 0.25) is 5.91 Å². The fourth-order valence-electron chi connectivity index (χ4n) is 1.94. The van der Waals surface area contributed by atoms with Crippen LogP contribution in [-0.4, -0.2) is 17.4 Å². The highest BCUT2D eigenvalue weighted by Gasteiger charge is 2.10. The number of benzene rings is 2. The molecule has 0 aliphatic rings. The quantitative estimate of drug-likeness (QED) is 0.594. The van der Waals surface area contributed by atoms with Crippen LogP contribution < -0.4 is 5.32 Å². The SMILES string of the molecule is O=C(CCC(=O)c1ccccc1)Nc1ccc(SC(F)F)cc1. The van der Waals surface area contributed by atoms with Gasteiger partial charge in [-0.1, -0.05) is 42.1 Å². The lowest BCUT2D eigenvalue weighted by Crippen LogP contribution is -2.13. The molecular weight excluding hydrogens is 320 g/mol. The summed E-state index contributed by atoms with van der Waals surface area (Å²) >= 11 is 0.447. The highest BCUT2D eigenvalue weighted by Crippen LogP contribution is 2.26. The Morgan fingerprint density at radius 3 is 2.22 bits per heavy atom. The van der Waals surface area contributed by atoms with Crippen molar-refractivity contribution in [2.24, 2.45) is 0 Å². The van der Waals surface area contributed by atoms with Gasteiger partial charge in [0.15, 0.2) is 5.78 Å². The Morgan fingerprint density at radius 2 is 1.61 bits per heavy atom. The Balaban J connectivity index is 1.81. The summed E-state index contributed by atoms with van der Waals surface area (Å²) < 4.78 is 24.4. The normalized spacial score (nSPS) is 10.6. The van der Waals surface area contributed by atoms with Crippen LogP contribution in [0.25, 0.3) is 0 Å². The number of hydrogen-bond acceptors (Lipinski definition) is 3. The molecule has 0 unspecified atom stereocenters. The van der Waals surface area contributed by atoms with Crippen LogP contribution in [0.5, 0.6) is 0 Å². The van der Waals surface area contributed by atoms with E-state index in [9.17, 15) is 18.4 Å². The molecule has 3 nitrogen and oxygen atoms in total. The van der Waals surface area contributed by atoms with Gasteiger partial charge < -0.3 is 5.32 Å². The van der Waals surface area contributed by atoms with Gasteiger partial charge >= 0.3 is 0 Å². The highest BCUT2D eigenvalue weighted by atomic mass is 32.2. The van der Waals surface area contributed by atoms with E-state index in [4.69, 9.17) is 0 Å². The minimum Gasteiger partial charge on any atom is -0.326 e. The average Bonchev–Trinajstić information content (AvgIpc) is 2.55. The van der Waals surface area contributed by atoms with Gasteiger partial charge in [-0.05, 0) is 24.3 Å². The van der Waals surface area contributed by atoms with Crippen LogP contribution in [0.1, 0.15) is 23.2 Å².